The average molecular weight is 439 g/mol. The Balaban J connectivity index is 1.64. The van der Waals surface area contributed by atoms with E-state index in [1.165, 1.54) is 11.8 Å². The van der Waals surface area contributed by atoms with Gasteiger partial charge >= 0.3 is 0 Å². The number of nitrogens with zero attached hydrogens (tertiary/aromatic N) is 3. The second kappa shape index (κ2) is 9.13. The van der Waals surface area contributed by atoms with E-state index in [1.807, 2.05) is 41.0 Å². The zero-order chi connectivity index (χ0) is 21.8. The number of aryl methyl sites for hydroxylation is 2. The molecule has 31 heavy (non-hydrogen) atoms. The summed E-state index contributed by atoms with van der Waals surface area (Å²) in [5.74, 6) is 2.75. The molecule has 0 fully saturated rings. The van der Waals surface area contributed by atoms with Crippen LogP contribution in [0.2, 0.25) is 0 Å². The van der Waals surface area contributed by atoms with Gasteiger partial charge in [0.1, 0.15) is 17.2 Å². The molecule has 0 bridgehead atoms. The number of aromatic nitrogens is 4. The lowest BCUT2D eigenvalue weighted by atomic mass is 10.1. The number of para-hydroxylation sites is 1. The van der Waals surface area contributed by atoms with Crippen LogP contribution in [0.5, 0.6) is 17.2 Å². The summed E-state index contributed by atoms with van der Waals surface area (Å²) in [7, 11) is 4.95. The normalized spacial score (nSPS) is 10.9. The van der Waals surface area contributed by atoms with Crippen LogP contribution < -0.4 is 24.5 Å². The molecular formula is C22H24N5O3S+. The van der Waals surface area contributed by atoms with Gasteiger partial charge in [0, 0.05) is 6.42 Å². The molecular weight excluding hydrogens is 414 g/mol. The second-order valence-electron chi connectivity index (χ2n) is 6.74. The van der Waals surface area contributed by atoms with Crippen molar-refractivity contribution in [3.05, 3.63) is 54.4 Å². The predicted octanol–water partition coefficient (Wildman–Crippen LogP) is 3.25. The number of hydrogen-bond acceptors (Lipinski definition) is 7. The maximum absolute atomic E-state index is 6.12. The molecule has 2 heterocycles. The number of ether oxygens (including phenoxy) is 3. The number of imidazole rings is 1. The van der Waals surface area contributed by atoms with Gasteiger partial charge in [-0.25, -0.2) is 4.57 Å². The van der Waals surface area contributed by atoms with Crippen LogP contribution in [0.1, 0.15) is 5.56 Å². The van der Waals surface area contributed by atoms with Gasteiger partial charge in [-0.2, -0.15) is 0 Å². The fraction of sp³-hybridized carbons (Fsp3) is 0.227. The lowest BCUT2D eigenvalue weighted by Crippen LogP contribution is -2.36. The summed E-state index contributed by atoms with van der Waals surface area (Å²) in [5, 5.41) is 0.687. The SMILES string of the molecule is COc1ccc(OC)c(Sc2nc3c([nH]2)c(N)nc[n+]3CCc2ccccc2OC)c1. The minimum atomic E-state index is 0.403. The third-order valence-corrected chi connectivity index (χ3v) is 5.85. The van der Waals surface area contributed by atoms with Gasteiger partial charge in [-0.15, -0.1) is 0 Å². The van der Waals surface area contributed by atoms with Gasteiger partial charge in [-0.05, 0) is 41.6 Å². The first-order valence-electron chi connectivity index (χ1n) is 9.68. The number of anilines is 1. The molecule has 0 atom stereocenters. The largest absolute Gasteiger partial charge is 0.497 e. The number of aromatic amines is 1. The Hall–Kier alpha value is -3.46. The van der Waals surface area contributed by atoms with Gasteiger partial charge in [-0.1, -0.05) is 28.2 Å². The molecule has 0 amide bonds. The number of benzene rings is 2. The molecule has 2 aromatic heterocycles. The molecule has 0 spiro atoms. The number of H-pyrrole nitrogens is 1. The Bertz CT molecular complexity index is 1210. The summed E-state index contributed by atoms with van der Waals surface area (Å²) in [6.45, 7) is 0.682. The molecule has 4 rings (SSSR count). The summed E-state index contributed by atoms with van der Waals surface area (Å²) < 4.78 is 18.3. The molecule has 0 aliphatic carbocycles. The molecule has 3 N–H and O–H groups in total. The highest BCUT2D eigenvalue weighted by Gasteiger charge is 2.20. The number of methoxy groups -OCH3 is 3. The third kappa shape index (κ3) is 4.36. The third-order valence-electron chi connectivity index (χ3n) is 4.92. The van der Waals surface area contributed by atoms with E-state index in [0.717, 1.165) is 39.8 Å². The number of fused-ring (bicyclic) bond motifs is 1. The van der Waals surface area contributed by atoms with Crippen molar-refractivity contribution in [3.63, 3.8) is 0 Å². The van der Waals surface area contributed by atoms with E-state index in [0.29, 0.717) is 23.0 Å². The van der Waals surface area contributed by atoms with Gasteiger partial charge in [0.05, 0.1) is 32.8 Å². The van der Waals surface area contributed by atoms with E-state index >= 15 is 0 Å². The predicted molar refractivity (Wildman–Crippen MR) is 119 cm³/mol. The molecule has 0 saturated heterocycles. The highest BCUT2D eigenvalue weighted by molar-refractivity contribution is 7.99. The van der Waals surface area contributed by atoms with E-state index in [9.17, 15) is 0 Å². The van der Waals surface area contributed by atoms with Gasteiger partial charge in [0.25, 0.3) is 5.65 Å². The van der Waals surface area contributed by atoms with Crippen molar-refractivity contribution < 1.29 is 18.8 Å². The number of hydrogen-bond donors (Lipinski definition) is 2. The molecule has 4 aromatic rings. The lowest BCUT2D eigenvalue weighted by Gasteiger charge is -2.07. The Morgan fingerprint density at radius 1 is 1.03 bits per heavy atom. The van der Waals surface area contributed by atoms with E-state index < -0.39 is 0 Å². The van der Waals surface area contributed by atoms with Crippen LogP contribution in [-0.4, -0.2) is 36.3 Å². The monoisotopic (exact) mass is 438 g/mol. The maximum Gasteiger partial charge on any atom is 0.294 e. The zero-order valence-corrected chi connectivity index (χ0v) is 18.4. The first-order chi connectivity index (χ1) is 15.1. The molecule has 0 saturated carbocycles. The first kappa shape index (κ1) is 20.8. The average Bonchev–Trinajstić information content (AvgIpc) is 3.23. The summed E-state index contributed by atoms with van der Waals surface area (Å²) >= 11 is 1.44. The first-order valence-corrected chi connectivity index (χ1v) is 10.5. The summed E-state index contributed by atoms with van der Waals surface area (Å²) in [4.78, 5) is 13.3. The fourth-order valence-corrected chi connectivity index (χ4v) is 4.23. The van der Waals surface area contributed by atoms with Crippen LogP contribution in [0, 0.1) is 0 Å². The number of nitrogens with one attached hydrogen (secondary N) is 1. The number of nitrogens with two attached hydrogens (primary N) is 1. The Morgan fingerprint density at radius 2 is 1.84 bits per heavy atom. The molecule has 0 unspecified atom stereocenters. The van der Waals surface area contributed by atoms with Crippen LogP contribution in [0.4, 0.5) is 5.82 Å². The molecule has 0 radical (unpaired) electrons. The van der Waals surface area contributed by atoms with Crippen molar-refractivity contribution in [2.45, 2.75) is 23.0 Å². The summed E-state index contributed by atoms with van der Waals surface area (Å²) in [6.07, 6.45) is 2.49. The molecule has 8 nitrogen and oxygen atoms in total. The highest BCUT2D eigenvalue weighted by Crippen LogP contribution is 2.36. The van der Waals surface area contributed by atoms with E-state index in [1.54, 1.807) is 27.7 Å². The van der Waals surface area contributed by atoms with Gasteiger partial charge in [0.15, 0.2) is 5.52 Å². The van der Waals surface area contributed by atoms with E-state index in [-0.39, 0.29) is 0 Å². The summed E-state index contributed by atoms with van der Waals surface area (Å²) in [5.41, 5.74) is 8.68. The van der Waals surface area contributed by atoms with Crippen LogP contribution in [-0.2, 0) is 13.0 Å². The molecule has 0 aliphatic heterocycles. The minimum Gasteiger partial charge on any atom is -0.497 e. The Morgan fingerprint density at radius 3 is 2.61 bits per heavy atom. The minimum absolute atomic E-state index is 0.403. The summed E-state index contributed by atoms with van der Waals surface area (Å²) in [6, 6.07) is 13.6. The smallest absolute Gasteiger partial charge is 0.294 e. The molecule has 0 aliphatic rings. The fourth-order valence-electron chi connectivity index (χ4n) is 3.31. The zero-order valence-electron chi connectivity index (χ0n) is 17.6. The van der Waals surface area contributed by atoms with Crippen LogP contribution >= 0.6 is 11.8 Å². The van der Waals surface area contributed by atoms with Crippen molar-refractivity contribution in [2.75, 3.05) is 27.1 Å². The molecule has 2 aromatic carbocycles. The Labute approximate surface area is 184 Å². The van der Waals surface area contributed by atoms with Gasteiger partial charge in [0.2, 0.25) is 17.3 Å². The second-order valence-corrected chi connectivity index (χ2v) is 7.78. The van der Waals surface area contributed by atoms with Crippen LogP contribution in [0.25, 0.3) is 11.2 Å². The topological polar surface area (TPSA) is 99.2 Å². The lowest BCUT2D eigenvalue weighted by molar-refractivity contribution is -0.675. The Kier molecular flexibility index (Phi) is 6.13. The van der Waals surface area contributed by atoms with Crippen LogP contribution in [0.3, 0.4) is 0 Å². The maximum atomic E-state index is 6.12. The van der Waals surface area contributed by atoms with Crippen molar-refractivity contribution in [2.24, 2.45) is 0 Å². The van der Waals surface area contributed by atoms with Gasteiger partial charge in [-0.3, -0.25) is 0 Å². The van der Waals surface area contributed by atoms with E-state index in [2.05, 4.69) is 16.0 Å². The molecule has 9 heteroatoms. The van der Waals surface area contributed by atoms with Crippen molar-refractivity contribution in [1.82, 2.24) is 15.0 Å². The van der Waals surface area contributed by atoms with Crippen molar-refractivity contribution in [3.8, 4) is 17.2 Å². The van der Waals surface area contributed by atoms with E-state index in [4.69, 9.17) is 24.9 Å². The van der Waals surface area contributed by atoms with Gasteiger partial charge < -0.3 is 24.9 Å². The number of rotatable bonds is 8. The van der Waals surface area contributed by atoms with Crippen molar-refractivity contribution >= 4 is 28.7 Å². The molecule has 160 valence electrons. The quantitative estimate of drug-likeness (QED) is 0.407. The standard InChI is InChI=1S/C22H23N5O3S/c1-28-15-8-9-17(30-3)18(12-15)31-22-25-19-20(23)24-13-27(21(19)26-22)11-10-14-6-4-5-7-16(14)29-2/h4-9,12-13H,10-11H2,1-3H3,(H2,23,25,26)/p+1. The van der Waals surface area contributed by atoms with Crippen molar-refractivity contribution in [1.29, 1.82) is 0 Å². The highest BCUT2D eigenvalue weighted by atomic mass is 32.2. The van der Waals surface area contributed by atoms with Crippen LogP contribution in [0.15, 0.2) is 58.8 Å². The number of nitrogen functional groups attached to an aromatic ring is 1.